The number of ether oxygens (including phenoxy) is 1. The van der Waals surface area contributed by atoms with Gasteiger partial charge in [0.1, 0.15) is 0 Å². The molecular weight excluding hydrogens is 154 g/mol. The van der Waals surface area contributed by atoms with Crippen LogP contribution in [0.2, 0.25) is 0 Å². The fourth-order valence-corrected chi connectivity index (χ4v) is 0.951. The molecule has 12 heavy (non-hydrogen) atoms. The summed E-state index contributed by atoms with van der Waals surface area (Å²) in [5, 5.41) is 8.86. The van der Waals surface area contributed by atoms with Crippen LogP contribution in [-0.4, -0.2) is 16.7 Å². The highest BCUT2D eigenvalue weighted by molar-refractivity contribution is 5.27. The summed E-state index contributed by atoms with van der Waals surface area (Å²) in [6.45, 7) is 4.49. The Balaban J connectivity index is 2.86. The molecule has 0 atom stereocenters. The van der Waals surface area contributed by atoms with Crippen molar-refractivity contribution in [1.29, 1.82) is 0 Å². The second-order valence-corrected chi connectivity index (χ2v) is 2.54. The van der Waals surface area contributed by atoms with Crippen molar-refractivity contribution in [2.75, 3.05) is 6.61 Å². The van der Waals surface area contributed by atoms with E-state index in [1.165, 1.54) is 0 Å². The minimum absolute atomic E-state index is 0.0330. The normalized spacial score (nSPS) is 9.92. The molecule has 1 heterocycles. The van der Waals surface area contributed by atoms with Crippen molar-refractivity contribution in [3.63, 3.8) is 0 Å². The van der Waals surface area contributed by atoms with E-state index in [1.54, 1.807) is 6.20 Å². The van der Waals surface area contributed by atoms with Crippen molar-refractivity contribution in [1.82, 2.24) is 4.98 Å². The molecule has 66 valence electrons. The van der Waals surface area contributed by atoms with E-state index in [4.69, 9.17) is 9.84 Å². The van der Waals surface area contributed by atoms with Crippen LogP contribution in [0.4, 0.5) is 0 Å². The maximum absolute atomic E-state index is 8.86. The molecule has 0 aromatic carbocycles. The van der Waals surface area contributed by atoms with Crippen molar-refractivity contribution >= 4 is 0 Å². The Morgan fingerprint density at radius 1 is 1.58 bits per heavy atom. The van der Waals surface area contributed by atoms with E-state index in [2.05, 4.69) is 4.98 Å². The van der Waals surface area contributed by atoms with E-state index in [0.717, 1.165) is 11.1 Å². The number of nitrogens with zero attached hydrogens (tertiary/aromatic N) is 1. The molecule has 0 fully saturated rings. The first kappa shape index (κ1) is 9.00. The van der Waals surface area contributed by atoms with Crippen molar-refractivity contribution in [2.45, 2.75) is 20.5 Å². The van der Waals surface area contributed by atoms with Gasteiger partial charge in [0.15, 0.2) is 0 Å². The van der Waals surface area contributed by atoms with Crippen LogP contribution in [0.15, 0.2) is 12.3 Å². The van der Waals surface area contributed by atoms with Crippen LogP contribution in [-0.2, 0) is 6.61 Å². The fourth-order valence-electron chi connectivity index (χ4n) is 0.951. The number of aliphatic hydroxyl groups is 1. The monoisotopic (exact) mass is 167 g/mol. The third-order valence-electron chi connectivity index (χ3n) is 1.66. The topological polar surface area (TPSA) is 42.4 Å². The Kier molecular flexibility index (Phi) is 3.05. The van der Waals surface area contributed by atoms with E-state index < -0.39 is 0 Å². The molecule has 0 saturated carbocycles. The van der Waals surface area contributed by atoms with E-state index in [0.29, 0.717) is 12.5 Å². The van der Waals surface area contributed by atoms with Crippen LogP contribution in [0.5, 0.6) is 5.88 Å². The van der Waals surface area contributed by atoms with Gasteiger partial charge in [-0.25, -0.2) is 4.98 Å². The van der Waals surface area contributed by atoms with Crippen molar-refractivity contribution in [3.8, 4) is 5.88 Å². The highest BCUT2D eigenvalue weighted by Crippen LogP contribution is 2.13. The van der Waals surface area contributed by atoms with Gasteiger partial charge in [0.2, 0.25) is 5.88 Å². The number of aliphatic hydroxyl groups excluding tert-OH is 1. The van der Waals surface area contributed by atoms with Crippen LogP contribution in [0.3, 0.4) is 0 Å². The molecule has 0 aliphatic rings. The number of rotatable bonds is 3. The van der Waals surface area contributed by atoms with Gasteiger partial charge in [-0.15, -0.1) is 0 Å². The first-order valence-electron chi connectivity index (χ1n) is 3.97. The highest BCUT2D eigenvalue weighted by atomic mass is 16.5. The number of hydrogen-bond donors (Lipinski definition) is 1. The summed E-state index contributed by atoms with van der Waals surface area (Å²) in [5.74, 6) is 0.618. The predicted molar refractivity (Wildman–Crippen MR) is 46.1 cm³/mol. The molecule has 1 rings (SSSR count). The Hall–Kier alpha value is -1.09. The quantitative estimate of drug-likeness (QED) is 0.737. The number of pyridine rings is 1. The summed E-state index contributed by atoms with van der Waals surface area (Å²) in [4.78, 5) is 4.02. The van der Waals surface area contributed by atoms with E-state index >= 15 is 0 Å². The minimum Gasteiger partial charge on any atom is -0.478 e. The minimum atomic E-state index is 0.0330. The molecule has 0 aliphatic carbocycles. The molecule has 1 aromatic heterocycles. The second kappa shape index (κ2) is 4.07. The lowest BCUT2D eigenvalue weighted by Crippen LogP contribution is -1.97. The van der Waals surface area contributed by atoms with Crippen LogP contribution < -0.4 is 4.74 Å². The van der Waals surface area contributed by atoms with Crippen LogP contribution in [0.1, 0.15) is 18.1 Å². The van der Waals surface area contributed by atoms with Crippen molar-refractivity contribution < 1.29 is 9.84 Å². The smallest absolute Gasteiger partial charge is 0.213 e. The maximum atomic E-state index is 8.86. The zero-order chi connectivity index (χ0) is 8.97. The molecule has 0 unspecified atom stereocenters. The zero-order valence-electron chi connectivity index (χ0n) is 7.37. The Bertz CT molecular complexity index is 261. The molecule has 3 heteroatoms. The summed E-state index contributed by atoms with van der Waals surface area (Å²) < 4.78 is 5.19. The van der Waals surface area contributed by atoms with E-state index in [-0.39, 0.29) is 6.61 Å². The third-order valence-corrected chi connectivity index (χ3v) is 1.66. The molecule has 0 bridgehead atoms. The molecule has 1 N–H and O–H groups in total. The van der Waals surface area contributed by atoms with Gasteiger partial charge < -0.3 is 9.84 Å². The van der Waals surface area contributed by atoms with Crippen molar-refractivity contribution in [3.05, 3.63) is 23.4 Å². The Morgan fingerprint density at radius 3 is 2.83 bits per heavy atom. The van der Waals surface area contributed by atoms with Crippen LogP contribution in [0.25, 0.3) is 0 Å². The van der Waals surface area contributed by atoms with Gasteiger partial charge >= 0.3 is 0 Å². The van der Waals surface area contributed by atoms with E-state index in [1.807, 2.05) is 19.9 Å². The highest BCUT2D eigenvalue weighted by Gasteiger charge is 1.99. The molecule has 0 spiro atoms. The number of aromatic nitrogens is 1. The molecule has 0 saturated heterocycles. The lowest BCUT2D eigenvalue weighted by atomic mass is 10.2. The molecule has 3 nitrogen and oxygen atoms in total. The first-order chi connectivity index (χ1) is 5.77. The zero-order valence-corrected chi connectivity index (χ0v) is 7.37. The predicted octanol–water partition coefficient (Wildman–Crippen LogP) is 1.28. The largest absolute Gasteiger partial charge is 0.478 e. The van der Waals surface area contributed by atoms with Gasteiger partial charge in [-0.2, -0.15) is 0 Å². The molecule has 1 aromatic rings. The standard InChI is InChI=1S/C9H13NO2/c1-3-12-9-4-7(2)8(6-11)5-10-9/h4-5,11H,3,6H2,1-2H3. The molecular formula is C9H13NO2. The average Bonchev–Trinajstić information content (AvgIpc) is 2.05. The summed E-state index contributed by atoms with van der Waals surface area (Å²) >= 11 is 0. The van der Waals surface area contributed by atoms with Gasteiger partial charge in [0, 0.05) is 12.3 Å². The summed E-state index contributed by atoms with van der Waals surface area (Å²) in [5.41, 5.74) is 1.86. The first-order valence-corrected chi connectivity index (χ1v) is 3.97. The summed E-state index contributed by atoms with van der Waals surface area (Å²) in [6.07, 6.45) is 1.64. The number of aryl methyl sites for hydroxylation is 1. The van der Waals surface area contributed by atoms with Gasteiger partial charge in [0.05, 0.1) is 13.2 Å². The molecule has 0 aliphatic heterocycles. The lowest BCUT2D eigenvalue weighted by molar-refractivity contribution is 0.279. The molecule has 0 amide bonds. The van der Waals surface area contributed by atoms with Gasteiger partial charge in [-0.3, -0.25) is 0 Å². The number of hydrogen-bond acceptors (Lipinski definition) is 3. The van der Waals surface area contributed by atoms with Gasteiger partial charge in [-0.1, -0.05) is 0 Å². The van der Waals surface area contributed by atoms with E-state index in [9.17, 15) is 0 Å². The van der Waals surface area contributed by atoms with Crippen LogP contribution in [0, 0.1) is 6.92 Å². The maximum Gasteiger partial charge on any atom is 0.213 e. The van der Waals surface area contributed by atoms with Gasteiger partial charge in [0.25, 0.3) is 0 Å². The Labute approximate surface area is 72.0 Å². The lowest BCUT2D eigenvalue weighted by Gasteiger charge is -2.05. The van der Waals surface area contributed by atoms with Crippen molar-refractivity contribution in [2.24, 2.45) is 0 Å². The molecule has 0 radical (unpaired) electrons. The fraction of sp³-hybridized carbons (Fsp3) is 0.444. The third kappa shape index (κ3) is 1.95. The SMILES string of the molecule is CCOc1cc(C)c(CO)cn1. The Morgan fingerprint density at radius 2 is 2.33 bits per heavy atom. The summed E-state index contributed by atoms with van der Waals surface area (Å²) in [6, 6.07) is 1.83. The average molecular weight is 167 g/mol. The summed E-state index contributed by atoms with van der Waals surface area (Å²) in [7, 11) is 0. The van der Waals surface area contributed by atoms with Crippen LogP contribution >= 0.6 is 0 Å². The van der Waals surface area contributed by atoms with Gasteiger partial charge in [-0.05, 0) is 25.0 Å². The second-order valence-electron chi connectivity index (χ2n) is 2.54.